The molecule has 198 valence electrons. The minimum absolute atomic E-state index is 0.293. The van der Waals surface area contributed by atoms with Crippen LogP contribution in [0.15, 0.2) is 0 Å². The van der Waals surface area contributed by atoms with Crippen molar-refractivity contribution in [2.24, 2.45) is 58.2 Å². The highest BCUT2D eigenvalue weighted by atomic mass is 32.2. The van der Waals surface area contributed by atoms with Crippen LogP contribution in [0.1, 0.15) is 126 Å². The summed E-state index contributed by atoms with van der Waals surface area (Å²) < 4.78 is 35.2. The van der Waals surface area contributed by atoms with Gasteiger partial charge in [-0.3, -0.25) is 4.55 Å². The first-order valence-electron chi connectivity index (χ1n) is 14.8. The summed E-state index contributed by atoms with van der Waals surface area (Å²) >= 11 is 0. The maximum absolute atomic E-state index is 12.8. The van der Waals surface area contributed by atoms with Crippen molar-refractivity contribution in [1.29, 1.82) is 0 Å². The highest BCUT2D eigenvalue weighted by Crippen LogP contribution is 2.70. The van der Waals surface area contributed by atoms with E-state index in [1.807, 2.05) is 6.92 Å². The lowest BCUT2D eigenvalue weighted by molar-refractivity contribution is -0.129. The fraction of sp³-hybridized carbons (Fsp3) is 1.00. The van der Waals surface area contributed by atoms with Gasteiger partial charge >= 0.3 is 0 Å². The van der Waals surface area contributed by atoms with Gasteiger partial charge < -0.3 is 0 Å². The molecule has 4 saturated carbocycles. The van der Waals surface area contributed by atoms with Gasteiger partial charge in [0.05, 0.1) is 0 Å². The molecule has 0 aromatic carbocycles. The molecule has 34 heavy (non-hydrogen) atoms. The first kappa shape index (κ1) is 27.0. The quantitative estimate of drug-likeness (QED) is 0.361. The molecule has 4 rings (SSSR count). The van der Waals surface area contributed by atoms with E-state index >= 15 is 0 Å². The van der Waals surface area contributed by atoms with Crippen LogP contribution in [-0.2, 0) is 10.1 Å². The number of hydrogen-bond acceptors (Lipinski definition) is 2. The Hall–Kier alpha value is -0.0900. The molecular weight excluding hydrogens is 440 g/mol. The van der Waals surface area contributed by atoms with Gasteiger partial charge in [0.15, 0.2) is 0 Å². The molecule has 3 nitrogen and oxygen atoms in total. The van der Waals surface area contributed by atoms with Gasteiger partial charge in [0.25, 0.3) is 10.1 Å². The molecule has 0 spiro atoms. The van der Waals surface area contributed by atoms with Crippen LogP contribution in [0.4, 0.5) is 0 Å². The summed E-state index contributed by atoms with van der Waals surface area (Å²) in [5.41, 5.74) is 0.116. The van der Waals surface area contributed by atoms with Crippen LogP contribution in [0.2, 0.25) is 0 Å². The minimum atomic E-state index is -4.09. The zero-order valence-electron chi connectivity index (χ0n) is 23.3. The molecule has 4 heteroatoms. The van der Waals surface area contributed by atoms with E-state index in [0.717, 1.165) is 55.3 Å². The Bertz CT molecular complexity index is 836. The van der Waals surface area contributed by atoms with Crippen molar-refractivity contribution in [1.82, 2.24) is 0 Å². The lowest BCUT2D eigenvalue weighted by atomic mass is 9.42. The summed E-state index contributed by atoms with van der Waals surface area (Å²) in [5.74, 6) is 5.47. The van der Waals surface area contributed by atoms with Crippen molar-refractivity contribution in [3.05, 3.63) is 0 Å². The predicted molar refractivity (Wildman–Crippen MR) is 142 cm³/mol. The van der Waals surface area contributed by atoms with Gasteiger partial charge in [-0.25, -0.2) is 0 Å². The molecule has 4 aliphatic carbocycles. The van der Waals surface area contributed by atoms with Gasteiger partial charge in [-0.15, -0.1) is 0 Å². The first-order valence-corrected chi connectivity index (χ1v) is 16.2. The molecule has 0 saturated heterocycles. The molecular formula is C30H54O3S. The van der Waals surface area contributed by atoms with Crippen molar-refractivity contribution < 1.29 is 13.0 Å². The molecule has 0 heterocycles. The Morgan fingerprint density at radius 3 is 2.21 bits per heavy atom. The van der Waals surface area contributed by atoms with E-state index in [0.29, 0.717) is 29.6 Å². The highest BCUT2D eigenvalue weighted by molar-refractivity contribution is 7.87. The van der Waals surface area contributed by atoms with E-state index in [1.165, 1.54) is 44.9 Å². The van der Waals surface area contributed by atoms with Crippen molar-refractivity contribution in [2.45, 2.75) is 130 Å². The molecule has 0 aliphatic heterocycles. The van der Waals surface area contributed by atoms with E-state index < -0.39 is 14.9 Å². The SMILES string of the molecule is CC[C@H](CC[C@@H](C)[C@H]1CC[C@H]2[C@H]3CCC4CCCC(C)(S(=O)(=O)O)[C@]4(C)[C@H]3CC[C@]12C)C(C)C. The third-order valence-corrected chi connectivity index (χ3v) is 14.8. The molecule has 0 amide bonds. The summed E-state index contributed by atoms with van der Waals surface area (Å²) in [5, 5.41) is 0. The van der Waals surface area contributed by atoms with Crippen molar-refractivity contribution in [2.75, 3.05) is 0 Å². The molecule has 0 bridgehead atoms. The standard InChI is InChI=1S/C30H54O3S/c1-8-22(20(2)3)12-11-21(4)25-15-16-26-24-14-13-23-10-9-18-29(6,34(31,32)33)30(23,7)27(24)17-19-28(25,26)5/h20-27H,8-19H2,1-7H3,(H,31,32,33)/t21-,22-,23?,24-,25-,26+,27+,28-,29?,30+/m1/s1. The van der Waals surface area contributed by atoms with Crippen LogP contribution in [0.25, 0.3) is 0 Å². The third kappa shape index (κ3) is 3.95. The second kappa shape index (κ2) is 9.34. The maximum Gasteiger partial charge on any atom is 0.270 e. The molecule has 4 fully saturated rings. The summed E-state index contributed by atoms with van der Waals surface area (Å²) in [7, 11) is -4.09. The van der Waals surface area contributed by atoms with Gasteiger partial charge in [-0.1, -0.05) is 60.8 Å². The lowest BCUT2D eigenvalue weighted by Gasteiger charge is -2.65. The van der Waals surface area contributed by atoms with Crippen LogP contribution in [0.3, 0.4) is 0 Å². The van der Waals surface area contributed by atoms with Crippen molar-refractivity contribution in [3.8, 4) is 0 Å². The topological polar surface area (TPSA) is 54.4 Å². The number of hydrogen-bond donors (Lipinski definition) is 1. The van der Waals surface area contributed by atoms with Crippen molar-refractivity contribution >= 4 is 10.1 Å². The van der Waals surface area contributed by atoms with Crippen LogP contribution < -0.4 is 0 Å². The van der Waals surface area contributed by atoms with Crippen LogP contribution in [0.5, 0.6) is 0 Å². The third-order valence-electron chi connectivity index (χ3n) is 13.0. The van der Waals surface area contributed by atoms with E-state index in [-0.39, 0.29) is 5.41 Å². The average molecular weight is 495 g/mol. The molecule has 0 aromatic rings. The van der Waals surface area contributed by atoms with Crippen molar-refractivity contribution in [3.63, 3.8) is 0 Å². The van der Waals surface area contributed by atoms with Gasteiger partial charge in [0.1, 0.15) is 4.75 Å². The Morgan fingerprint density at radius 1 is 0.882 bits per heavy atom. The number of rotatable bonds is 7. The summed E-state index contributed by atoms with van der Waals surface area (Å²) in [4.78, 5) is 0. The van der Waals surface area contributed by atoms with E-state index in [9.17, 15) is 13.0 Å². The summed E-state index contributed by atoms with van der Waals surface area (Å²) in [6, 6.07) is 0. The average Bonchev–Trinajstić information content (AvgIpc) is 3.11. The summed E-state index contributed by atoms with van der Waals surface area (Å²) in [6.07, 6.45) is 14.2. The fourth-order valence-corrected chi connectivity index (χ4v) is 12.0. The molecule has 0 aromatic heterocycles. The molecule has 0 radical (unpaired) electrons. The van der Waals surface area contributed by atoms with Gasteiger partial charge in [-0.05, 0) is 123 Å². The van der Waals surface area contributed by atoms with Gasteiger partial charge in [0, 0.05) is 0 Å². The van der Waals surface area contributed by atoms with Crippen LogP contribution in [-0.4, -0.2) is 17.7 Å². The molecule has 4 aliphatic rings. The lowest BCUT2D eigenvalue weighted by Crippen LogP contribution is -2.64. The fourth-order valence-electron chi connectivity index (χ4n) is 10.7. The monoisotopic (exact) mass is 494 g/mol. The maximum atomic E-state index is 12.8. The number of fused-ring (bicyclic) bond motifs is 5. The zero-order valence-corrected chi connectivity index (χ0v) is 24.1. The Labute approximate surface area is 211 Å². The Morgan fingerprint density at radius 2 is 1.59 bits per heavy atom. The zero-order chi connectivity index (χ0) is 25.1. The largest absolute Gasteiger partial charge is 0.285 e. The molecule has 1 N–H and O–H groups in total. The van der Waals surface area contributed by atoms with Crippen LogP contribution in [0, 0.1) is 58.2 Å². The first-order chi connectivity index (χ1) is 15.8. The Balaban J connectivity index is 1.56. The van der Waals surface area contributed by atoms with Crippen LogP contribution >= 0.6 is 0 Å². The van der Waals surface area contributed by atoms with Gasteiger partial charge in [-0.2, -0.15) is 8.42 Å². The van der Waals surface area contributed by atoms with E-state index in [4.69, 9.17) is 0 Å². The van der Waals surface area contributed by atoms with Gasteiger partial charge in [0.2, 0.25) is 0 Å². The smallest absolute Gasteiger partial charge is 0.270 e. The second-order valence-corrected chi connectivity index (χ2v) is 16.1. The molecule has 10 atom stereocenters. The minimum Gasteiger partial charge on any atom is -0.285 e. The summed E-state index contributed by atoms with van der Waals surface area (Å²) in [6.45, 7) is 16.4. The predicted octanol–water partition coefficient (Wildman–Crippen LogP) is 8.39. The van der Waals surface area contributed by atoms with E-state index in [2.05, 4.69) is 41.5 Å². The second-order valence-electron chi connectivity index (χ2n) is 14.2. The van der Waals surface area contributed by atoms with E-state index in [1.54, 1.807) is 0 Å². The highest BCUT2D eigenvalue weighted by Gasteiger charge is 2.67. The molecule has 2 unspecified atom stereocenters. The normalized spacial score (nSPS) is 46.4. The Kier molecular flexibility index (Phi) is 7.40.